The Hall–Kier alpha value is -3.37. The molecular formula is C24H27N7O2S. The molecule has 1 aliphatic heterocycles. The SMILES string of the molecule is Cc1cc(C)c(S(=O)(=O)N2CCN(c3ncnc4c3nnn4Cc3ccccc3)CC2)c(C)c1. The molecule has 0 N–H and O–H groups in total. The fourth-order valence-corrected chi connectivity index (χ4v) is 6.55. The van der Waals surface area contributed by atoms with Crippen LogP contribution in [0.4, 0.5) is 5.82 Å². The van der Waals surface area contributed by atoms with Gasteiger partial charge in [0.1, 0.15) is 6.33 Å². The zero-order chi connectivity index (χ0) is 23.9. The standard InChI is InChI=1S/C24H27N7O2S/c1-17-13-18(2)22(19(3)14-17)34(32,33)30-11-9-29(10-12-30)23-21-24(26-16-25-23)31(28-27-21)15-20-7-5-4-6-8-20/h4-8,13-14,16H,9-12,15H2,1-3H3. The second-order valence-corrected chi connectivity index (χ2v) is 10.6. The summed E-state index contributed by atoms with van der Waals surface area (Å²) in [5.74, 6) is 0.684. The van der Waals surface area contributed by atoms with E-state index in [9.17, 15) is 8.42 Å². The van der Waals surface area contributed by atoms with Crippen molar-refractivity contribution in [2.45, 2.75) is 32.2 Å². The van der Waals surface area contributed by atoms with Crippen LogP contribution in [0.5, 0.6) is 0 Å². The Morgan fingerprint density at radius 3 is 2.26 bits per heavy atom. The van der Waals surface area contributed by atoms with Crippen LogP contribution in [0.25, 0.3) is 11.2 Å². The van der Waals surface area contributed by atoms with Crippen molar-refractivity contribution in [3.8, 4) is 0 Å². The van der Waals surface area contributed by atoms with Gasteiger partial charge in [-0.3, -0.25) is 0 Å². The number of benzene rings is 2. The van der Waals surface area contributed by atoms with Crippen LogP contribution in [0.3, 0.4) is 0 Å². The molecule has 0 amide bonds. The molecule has 2 aromatic carbocycles. The molecule has 9 nitrogen and oxygen atoms in total. The molecule has 2 aromatic heterocycles. The number of sulfonamides is 1. The number of anilines is 1. The number of nitrogens with zero attached hydrogens (tertiary/aromatic N) is 7. The minimum atomic E-state index is -3.58. The minimum absolute atomic E-state index is 0.374. The van der Waals surface area contributed by atoms with Crippen molar-refractivity contribution < 1.29 is 8.42 Å². The van der Waals surface area contributed by atoms with Gasteiger partial charge in [0.25, 0.3) is 0 Å². The Balaban J connectivity index is 1.37. The van der Waals surface area contributed by atoms with Crippen LogP contribution in [0.2, 0.25) is 0 Å². The molecule has 1 saturated heterocycles. The highest BCUT2D eigenvalue weighted by molar-refractivity contribution is 7.89. The third-order valence-corrected chi connectivity index (χ3v) is 8.40. The molecule has 0 atom stereocenters. The van der Waals surface area contributed by atoms with E-state index in [-0.39, 0.29) is 0 Å². The number of hydrogen-bond acceptors (Lipinski definition) is 7. The highest BCUT2D eigenvalue weighted by atomic mass is 32.2. The highest BCUT2D eigenvalue weighted by Gasteiger charge is 2.32. The summed E-state index contributed by atoms with van der Waals surface area (Å²) >= 11 is 0. The molecule has 3 heterocycles. The maximum absolute atomic E-state index is 13.4. The number of fused-ring (bicyclic) bond motifs is 1. The van der Waals surface area contributed by atoms with Crippen molar-refractivity contribution in [3.05, 3.63) is 71.0 Å². The summed E-state index contributed by atoms with van der Waals surface area (Å²) < 4.78 is 30.2. The predicted octanol–water partition coefficient (Wildman–Crippen LogP) is 2.71. The van der Waals surface area contributed by atoms with Crippen molar-refractivity contribution in [1.29, 1.82) is 0 Å². The first kappa shape index (κ1) is 22.4. The smallest absolute Gasteiger partial charge is 0.243 e. The number of hydrogen-bond donors (Lipinski definition) is 0. The predicted molar refractivity (Wildman–Crippen MR) is 130 cm³/mol. The average molecular weight is 478 g/mol. The first-order valence-electron chi connectivity index (χ1n) is 11.3. The van der Waals surface area contributed by atoms with Gasteiger partial charge >= 0.3 is 0 Å². The van der Waals surface area contributed by atoms with Gasteiger partial charge < -0.3 is 4.90 Å². The van der Waals surface area contributed by atoms with Crippen molar-refractivity contribution in [1.82, 2.24) is 29.3 Å². The summed E-state index contributed by atoms with van der Waals surface area (Å²) in [5, 5.41) is 8.65. The van der Waals surface area contributed by atoms with Crippen molar-refractivity contribution >= 4 is 27.0 Å². The molecular weight excluding hydrogens is 450 g/mol. The van der Waals surface area contributed by atoms with Crippen LogP contribution in [-0.2, 0) is 16.6 Å². The van der Waals surface area contributed by atoms with Gasteiger partial charge in [-0.05, 0) is 37.5 Å². The van der Waals surface area contributed by atoms with Gasteiger partial charge in [0.05, 0.1) is 11.4 Å². The molecule has 4 aromatic rings. The lowest BCUT2D eigenvalue weighted by atomic mass is 10.1. The van der Waals surface area contributed by atoms with E-state index in [2.05, 4.69) is 25.2 Å². The summed E-state index contributed by atoms with van der Waals surface area (Å²) in [4.78, 5) is 11.4. The van der Waals surface area contributed by atoms with Crippen molar-refractivity contribution in [2.75, 3.05) is 31.1 Å². The van der Waals surface area contributed by atoms with Crippen LogP contribution in [-0.4, -0.2) is 63.9 Å². The van der Waals surface area contributed by atoms with E-state index in [4.69, 9.17) is 0 Å². The number of rotatable bonds is 5. The van der Waals surface area contributed by atoms with E-state index in [1.54, 1.807) is 8.99 Å². The summed E-state index contributed by atoms with van der Waals surface area (Å²) in [7, 11) is -3.58. The average Bonchev–Trinajstić information content (AvgIpc) is 3.22. The quantitative estimate of drug-likeness (QED) is 0.436. The largest absolute Gasteiger partial charge is 0.352 e. The van der Waals surface area contributed by atoms with E-state index in [0.29, 0.717) is 54.6 Å². The zero-order valence-corrected chi connectivity index (χ0v) is 20.3. The molecule has 5 rings (SSSR count). The van der Waals surface area contributed by atoms with Crippen molar-refractivity contribution in [2.24, 2.45) is 0 Å². The molecule has 1 fully saturated rings. The van der Waals surface area contributed by atoms with Gasteiger partial charge in [0.2, 0.25) is 10.0 Å². The van der Waals surface area contributed by atoms with Crippen LogP contribution >= 0.6 is 0 Å². The molecule has 176 valence electrons. The molecule has 0 unspecified atom stereocenters. The Morgan fingerprint density at radius 2 is 1.59 bits per heavy atom. The third-order valence-electron chi connectivity index (χ3n) is 6.20. The lowest BCUT2D eigenvalue weighted by Crippen LogP contribution is -2.49. The normalized spacial score (nSPS) is 15.2. The molecule has 0 aliphatic carbocycles. The van der Waals surface area contributed by atoms with Gasteiger partial charge in [-0.25, -0.2) is 23.1 Å². The maximum atomic E-state index is 13.4. The lowest BCUT2D eigenvalue weighted by molar-refractivity contribution is 0.383. The van der Waals surface area contributed by atoms with Gasteiger partial charge in [-0.1, -0.05) is 53.2 Å². The van der Waals surface area contributed by atoms with E-state index in [0.717, 1.165) is 22.3 Å². The third kappa shape index (κ3) is 4.03. The summed E-state index contributed by atoms with van der Waals surface area (Å²) in [6.07, 6.45) is 1.52. The van der Waals surface area contributed by atoms with Crippen LogP contribution in [0.1, 0.15) is 22.3 Å². The zero-order valence-electron chi connectivity index (χ0n) is 19.5. The first-order chi connectivity index (χ1) is 16.3. The van der Waals surface area contributed by atoms with E-state index in [1.807, 2.05) is 63.2 Å². The first-order valence-corrected chi connectivity index (χ1v) is 12.7. The summed E-state index contributed by atoms with van der Waals surface area (Å²) in [6, 6.07) is 13.9. The highest BCUT2D eigenvalue weighted by Crippen LogP contribution is 2.28. The molecule has 0 spiro atoms. The topological polar surface area (TPSA) is 97.1 Å². The number of piperazine rings is 1. The van der Waals surface area contributed by atoms with Gasteiger partial charge in [-0.2, -0.15) is 4.31 Å². The minimum Gasteiger partial charge on any atom is -0.352 e. The fourth-order valence-electron chi connectivity index (χ4n) is 4.72. The van der Waals surface area contributed by atoms with Gasteiger partial charge in [0.15, 0.2) is 17.0 Å². The molecule has 0 radical (unpaired) electrons. The number of aromatic nitrogens is 5. The summed E-state index contributed by atoms with van der Waals surface area (Å²) in [5.41, 5.74) is 5.02. The van der Waals surface area contributed by atoms with Gasteiger partial charge in [-0.15, -0.1) is 5.10 Å². The van der Waals surface area contributed by atoms with Crippen LogP contribution < -0.4 is 4.90 Å². The fraction of sp³-hybridized carbons (Fsp3) is 0.333. The molecule has 34 heavy (non-hydrogen) atoms. The van der Waals surface area contributed by atoms with Crippen molar-refractivity contribution in [3.63, 3.8) is 0 Å². The van der Waals surface area contributed by atoms with E-state index in [1.165, 1.54) is 6.33 Å². The Labute approximate surface area is 199 Å². The molecule has 0 saturated carbocycles. The lowest BCUT2D eigenvalue weighted by Gasteiger charge is -2.35. The Bertz CT molecular complexity index is 1420. The second-order valence-electron chi connectivity index (χ2n) is 8.72. The van der Waals surface area contributed by atoms with Crippen LogP contribution in [0.15, 0.2) is 53.7 Å². The molecule has 10 heteroatoms. The molecule has 1 aliphatic rings. The Kier molecular flexibility index (Phi) is 5.78. The van der Waals surface area contributed by atoms with E-state index < -0.39 is 10.0 Å². The second kappa shape index (κ2) is 8.77. The van der Waals surface area contributed by atoms with Gasteiger partial charge in [0, 0.05) is 26.2 Å². The maximum Gasteiger partial charge on any atom is 0.243 e. The Morgan fingerprint density at radius 1 is 0.912 bits per heavy atom. The number of aryl methyl sites for hydroxylation is 3. The van der Waals surface area contributed by atoms with E-state index >= 15 is 0 Å². The summed E-state index contributed by atoms with van der Waals surface area (Å²) in [6.45, 7) is 8.04. The van der Waals surface area contributed by atoms with Crippen LogP contribution in [0, 0.1) is 20.8 Å². The molecule has 0 bridgehead atoms. The monoisotopic (exact) mass is 477 g/mol.